The molecule has 21 heterocycles. The van der Waals surface area contributed by atoms with Crippen LogP contribution >= 0.6 is 0 Å². The van der Waals surface area contributed by atoms with Crippen LogP contribution < -0.4 is 29.6 Å². The SMILES string of the molecule is O=S(=O)([O-])O.OCC1O[C@H]2O[C@@H]3C(CO)O[C@@H](O[C@@H]4C(CO)O[C@@H](O[C@@H]5C(CO)O[C@@H](O[C@@H]6C(CO)O[C@@H](O[C@@H]7C(CO)O[C@@H](O[C@@H]8C(CO)O[C@@H](O[C@H]1C(O)C2O)C(O)C8O)C(O)C7O)C(O)C6O)C(O)C5O)C(O)C4O)C(O)C3O.[Na+]. The predicted octanol–water partition coefficient (Wildman–Crippen LogP) is -19.2. The Labute approximate surface area is 490 Å². The molecule has 480 valence electrons. The molecule has 0 spiro atoms. The van der Waals surface area contributed by atoms with Crippen LogP contribution in [0.5, 0.6) is 0 Å². The molecule has 0 aromatic heterocycles. The van der Waals surface area contributed by atoms with Gasteiger partial charge in [0.1, 0.15) is 171 Å². The van der Waals surface area contributed by atoms with Gasteiger partial charge in [-0.05, 0) is 0 Å². The first kappa shape index (κ1) is 71.5. The van der Waals surface area contributed by atoms with Crippen molar-refractivity contribution in [2.24, 2.45) is 0 Å². The van der Waals surface area contributed by atoms with Gasteiger partial charge in [0, 0.05) is 0 Å². The van der Waals surface area contributed by atoms with E-state index in [4.69, 9.17) is 83.8 Å². The third kappa shape index (κ3) is 15.6. The fourth-order valence-corrected chi connectivity index (χ4v) is 10.4. The van der Waals surface area contributed by atoms with Gasteiger partial charge in [-0.25, -0.2) is 8.42 Å². The van der Waals surface area contributed by atoms with Crippen LogP contribution in [0, 0.1) is 0 Å². The van der Waals surface area contributed by atoms with Gasteiger partial charge >= 0.3 is 29.6 Å². The zero-order valence-electron chi connectivity index (χ0n) is 43.3. The topological polar surface area (TPSA) is 631 Å². The third-order valence-electron chi connectivity index (χ3n) is 14.8. The monoisotopic (exact) mass is 1250 g/mol. The fraction of sp³-hybridized carbons (Fsp3) is 1.00. The average Bonchev–Trinajstić information content (AvgIpc) is 3.59. The van der Waals surface area contributed by atoms with Crippen LogP contribution in [-0.4, -0.2) is 386 Å². The van der Waals surface area contributed by atoms with Gasteiger partial charge in [0.15, 0.2) is 44.0 Å². The summed E-state index contributed by atoms with van der Waals surface area (Å²) in [6.45, 7) is -7.33. The molecule has 14 bridgehead atoms. The van der Waals surface area contributed by atoms with Crippen molar-refractivity contribution >= 4 is 10.4 Å². The molecule has 39 nitrogen and oxygen atoms in total. The molecule has 0 saturated carbocycles. The Kier molecular flexibility index (Phi) is 26.3. The van der Waals surface area contributed by atoms with E-state index >= 15 is 0 Å². The van der Waals surface area contributed by atoms with E-state index in [0.717, 1.165) is 0 Å². The van der Waals surface area contributed by atoms with Crippen molar-refractivity contribution < 1.29 is 221 Å². The van der Waals surface area contributed by atoms with Gasteiger partial charge in [-0.2, -0.15) is 0 Å². The summed E-state index contributed by atoms with van der Waals surface area (Å²) in [6, 6.07) is 0. The van der Waals surface area contributed by atoms with E-state index in [9.17, 15) is 107 Å². The Morgan fingerprint density at radius 2 is 0.337 bits per heavy atom. The van der Waals surface area contributed by atoms with Crippen molar-refractivity contribution in [3.63, 3.8) is 0 Å². The maximum atomic E-state index is 11.3. The van der Waals surface area contributed by atoms with E-state index in [1.54, 1.807) is 0 Å². The largest absolute Gasteiger partial charge is 1.00 e. The maximum absolute atomic E-state index is 11.3. The van der Waals surface area contributed by atoms with E-state index in [-0.39, 0.29) is 29.6 Å². The zero-order valence-corrected chi connectivity index (χ0v) is 46.2. The summed E-state index contributed by atoms with van der Waals surface area (Å²) in [5.74, 6) is 0. The smallest absolute Gasteiger partial charge is 0.726 e. The van der Waals surface area contributed by atoms with Gasteiger partial charge < -0.3 is 178 Å². The summed E-state index contributed by atoms with van der Waals surface area (Å²) in [7, 11) is -4.92. The maximum Gasteiger partial charge on any atom is 1.00 e. The summed E-state index contributed by atoms with van der Waals surface area (Å²) in [5, 5.41) is 230. The molecule has 0 aliphatic carbocycles. The zero-order chi connectivity index (χ0) is 60.6. The Hall–Kier alpha value is -0.530. The van der Waals surface area contributed by atoms with Crippen molar-refractivity contribution in [1.29, 1.82) is 0 Å². The number of aliphatic hydroxyl groups excluding tert-OH is 21. The molecule has 21 rings (SSSR count). The van der Waals surface area contributed by atoms with Gasteiger partial charge in [-0.3, -0.25) is 4.55 Å². The first-order valence-corrected chi connectivity index (χ1v) is 26.7. The molecule has 21 aliphatic rings. The minimum Gasteiger partial charge on any atom is -0.726 e. The number of ether oxygens (including phenoxy) is 14. The molecule has 22 N–H and O–H groups in total. The molecule has 21 saturated heterocycles. The van der Waals surface area contributed by atoms with Gasteiger partial charge in [0.05, 0.1) is 46.2 Å². The number of rotatable bonds is 7. The minimum atomic E-state index is -4.92. The predicted molar refractivity (Wildman–Crippen MR) is 241 cm³/mol. The van der Waals surface area contributed by atoms with Crippen LogP contribution in [0.4, 0.5) is 0 Å². The van der Waals surface area contributed by atoms with Gasteiger partial charge in [0.2, 0.25) is 10.4 Å². The second kappa shape index (κ2) is 30.5. The van der Waals surface area contributed by atoms with Crippen molar-refractivity contribution in [3.8, 4) is 0 Å². The Balaban J connectivity index is 0.00000177. The summed E-state index contributed by atoms with van der Waals surface area (Å²) in [4.78, 5) is 0. The average molecular weight is 1260 g/mol. The van der Waals surface area contributed by atoms with E-state index in [1.165, 1.54) is 0 Å². The molecular formula is C42H71NaO39S. The molecule has 0 amide bonds. The van der Waals surface area contributed by atoms with Crippen LogP contribution in [0.3, 0.4) is 0 Å². The normalized spacial score (nSPS) is 52.1. The van der Waals surface area contributed by atoms with E-state index in [0.29, 0.717) is 0 Å². The number of hydrogen-bond acceptors (Lipinski definition) is 38. The van der Waals surface area contributed by atoms with Crippen LogP contribution in [0.25, 0.3) is 0 Å². The first-order chi connectivity index (χ1) is 38.7. The second-order valence-electron chi connectivity index (χ2n) is 20.1. The van der Waals surface area contributed by atoms with Crippen LogP contribution in [-0.2, 0) is 76.7 Å². The molecule has 0 aromatic rings. The summed E-state index contributed by atoms with van der Waals surface area (Å²) >= 11 is 0. The summed E-state index contributed by atoms with van der Waals surface area (Å²) < 4.78 is 112. The Bertz CT molecular complexity index is 1710. The Morgan fingerprint density at radius 1 is 0.241 bits per heavy atom. The summed E-state index contributed by atoms with van der Waals surface area (Å²) in [5.41, 5.74) is 0. The molecule has 0 radical (unpaired) electrons. The molecule has 21 aliphatic heterocycles. The number of hydrogen-bond donors (Lipinski definition) is 22. The van der Waals surface area contributed by atoms with Crippen molar-refractivity contribution in [1.82, 2.24) is 0 Å². The minimum absolute atomic E-state index is 0. The van der Waals surface area contributed by atoms with Gasteiger partial charge in [-0.15, -0.1) is 0 Å². The Morgan fingerprint density at radius 3 is 0.422 bits per heavy atom. The molecule has 41 heteroatoms. The second-order valence-corrected chi connectivity index (χ2v) is 20.9. The van der Waals surface area contributed by atoms with Crippen molar-refractivity contribution in [2.75, 3.05) is 46.2 Å². The van der Waals surface area contributed by atoms with E-state index < -0.39 is 272 Å². The quantitative estimate of drug-likeness (QED) is 0.0639. The molecule has 21 fully saturated rings. The van der Waals surface area contributed by atoms with Crippen LogP contribution in [0.2, 0.25) is 0 Å². The van der Waals surface area contributed by atoms with Crippen LogP contribution in [0.15, 0.2) is 0 Å². The van der Waals surface area contributed by atoms with Crippen molar-refractivity contribution in [3.05, 3.63) is 0 Å². The standard InChI is InChI=1S/C42H70O35.Na.H2O4S/c43-1-8-29-15(50)22(57)36(64-8)72-30-9(2-44)66-38(24(59)17(30)52)74-32-11(4-46)68-40(26(61)19(32)54)76-34-13(6-48)70-42(28(63)21(34)56)77-35-14(7-49)69-41(27(62)20(35)55)75-33-12(5-47)67-39(25(60)18(33)53)73-31-10(3-45)65-37(71-29)23(58)16(31)51;;1-5(2,3)4/h8-63H,1-7H2;;(H2,1,2,3,4)/q;+1;/p-1/t8?,9?,10?,11?,12?,13?,14?,15?,16?,17?,18?,19?,20?,21?,22?,23?,24?,25?,26?,27?,28?,29-,30-,31-,32-,33-,34-,35-,36+,37+,38+,39+,40+,41+,42+;;/m1../s1. The van der Waals surface area contributed by atoms with Gasteiger partial charge in [0.25, 0.3) is 0 Å². The van der Waals surface area contributed by atoms with E-state index in [1.807, 2.05) is 0 Å². The van der Waals surface area contributed by atoms with E-state index in [2.05, 4.69) is 0 Å². The molecular weight excluding hydrogens is 1180 g/mol. The molecule has 83 heavy (non-hydrogen) atoms. The van der Waals surface area contributed by atoms with Crippen LogP contribution in [0.1, 0.15) is 0 Å². The number of aliphatic hydroxyl groups is 21. The molecule has 35 atom stereocenters. The van der Waals surface area contributed by atoms with Gasteiger partial charge in [-0.1, -0.05) is 0 Å². The fourth-order valence-electron chi connectivity index (χ4n) is 10.4. The first-order valence-electron chi connectivity index (χ1n) is 25.3. The molecule has 21 unspecified atom stereocenters. The third-order valence-corrected chi connectivity index (χ3v) is 14.8. The molecule has 0 aromatic carbocycles. The summed E-state index contributed by atoms with van der Waals surface area (Å²) in [6.07, 6.45) is -70.2. The van der Waals surface area contributed by atoms with Crippen molar-refractivity contribution in [2.45, 2.75) is 215 Å².